The SMILES string of the molecule is C#C[C@H]1CC[C@](C(=O)O)(C(=O)CCl)N1. The minimum atomic E-state index is -1.57. The molecule has 1 heterocycles. The third-order valence-electron chi connectivity index (χ3n) is 2.39. The second-order valence-electron chi connectivity index (χ2n) is 3.17. The van der Waals surface area contributed by atoms with Gasteiger partial charge in [-0.15, -0.1) is 18.0 Å². The van der Waals surface area contributed by atoms with Crippen molar-refractivity contribution in [3.05, 3.63) is 0 Å². The summed E-state index contributed by atoms with van der Waals surface area (Å²) in [4.78, 5) is 22.4. The Balaban J connectivity index is 2.93. The zero-order valence-electron chi connectivity index (χ0n) is 7.42. The standard InChI is InChI=1S/C9H10ClNO3/c1-2-6-3-4-9(11-6,8(13)14)7(12)5-10/h1,6,11H,3-5H2,(H,13,14)/t6-,9+/m0/s1. The smallest absolute Gasteiger partial charge is 0.331 e. The van der Waals surface area contributed by atoms with Crippen molar-refractivity contribution < 1.29 is 14.7 Å². The summed E-state index contributed by atoms with van der Waals surface area (Å²) < 4.78 is 0. The summed E-state index contributed by atoms with van der Waals surface area (Å²) in [5, 5.41) is 11.6. The summed E-state index contributed by atoms with van der Waals surface area (Å²) >= 11 is 5.35. The van der Waals surface area contributed by atoms with E-state index in [1.165, 1.54) is 0 Å². The molecule has 4 nitrogen and oxygen atoms in total. The van der Waals surface area contributed by atoms with Gasteiger partial charge in [0.05, 0.1) is 11.9 Å². The topological polar surface area (TPSA) is 66.4 Å². The Morgan fingerprint density at radius 2 is 2.36 bits per heavy atom. The lowest BCUT2D eigenvalue weighted by Gasteiger charge is -2.22. The van der Waals surface area contributed by atoms with Gasteiger partial charge in [0, 0.05) is 0 Å². The van der Waals surface area contributed by atoms with E-state index in [4.69, 9.17) is 23.1 Å². The van der Waals surface area contributed by atoms with Gasteiger partial charge in [-0.3, -0.25) is 10.1 Å². The second-order valence-corrected chi connectivity index (χ2v) is 3.44. The molecule has 5 heteroatoms. The van der Waals surface area contributed by atoms with Gasteiger partial charge in [0.2, 0.25) is 0 Å². The number of hydrogen-bond donors (Lipinski definition) is 2. The van der Waals surface area contributed by atoms with Gasteiger partial charge >= 0.3 is 5.97 Å². The third kappa shape index (κ3) is 1.61. The zero-order chi connectivity index (χ0) is 10.8. The van der Waals surface area contributed by atoms with E-state index >= 15 is 0 Å². The number of Topliss-reactive ketones (excluding diaryl/α,β-unsaturated/α-hetero) is 1. The number of aliphatic carboxylic acids is 1. The number of carboxylic acids is 1. The van der Waals surface area contributed by atoms with Crippen LogP contribution in [-0.4, -0.2) is 34.3 Å². The maximum atomic E-state index is 11.4. The first-order valence-electron chi connectivity index (χ1n) is 4.13. The molecule has 0 aromatic carbocycles. The van der Waals surface area contributed by atoms with E-state index in [1.54, 1.807) is 0 Å². The van der Waals surface area contributed by atoms with Crippen LogP contribution in [0.25, 0.3) is 0 Å². The molecular formula is C9H10ClNO3. The Morgan fingerprint density at radius 1 is 1.71 bits per heavy atom. The lowest BCUT2D eigenvalue weighted by Crippen LogP contribution is -2.56. The predicted molar refractivity (Wildman–Crippen MR) is 51.1 cm³/mol. The highest BCUT2D eigenvalue weighted by Crippen LogP contribution is 2.25. The molecule has 0 aliphatic carbocycles. The van der Waals surface area contributed by atoms with Crippen LogP contribution in [0.5, 0.6) is 0 Å². The highest BCUT2D eigenvalue weighted by molar-refractivity contribution is 6.31. The first-order chi connectivity index (χ1) is 6.56. The fourth-order valence-corrected chi connectivity index (χ4v) is 1.78. The number of carbonyl (C=O) groups is 2. The summed E-state index contributed by atoms with van der Waals surface area (Å²) in [7, 11) is 0. The molecule has 1 fully saturated rings. The van der Waals surface area contributed by atoms with E-state index in [0.717, 1.165) is 0 Å². The van der Waals surface area contributed by atoms with Gasteiger partial charge in [-0.2, -0.15) is 0 Å². The molecule has 0 amide bonds. The Kier molecular flexibility index (Phi) is 3.14. The van der Waals surface area contributed by atoms with Crippen LogP contribution in [0.2, 0.25) is 0 Å². The van der Waals surface area contributed by atoms with Crippen molar-refractivity contribution >= 4 is 23.4 Å². The van der Waals surface area contributed by atoms with E-state index in [9.17, 15) is 9.59 Å². The third-order valence-corrected chi connectivity index (χ3v) is 2.64. The maximum Gasteiger partial charge on any atom is 0.331 e. The van der Waals surface area contributed by atoms with Crippen molar-refractivity contribution in [3.8, 4) is 12.3 Å². The number of terminal acetylenes is 1. The van der Waals surface area contributed by atoms with Crippen LogP contribution in [0.3, 0.4) is 0 Å². The minimum Gasteiger partial charge on any atom is -0.480 e. The van der Waals surface area contributed by atoms with Crippen molar-refractivity contribution in [3.63, 3.8) is 0 Å². The number of carboxylic acid groups (broad SMARTS) is 1. The Morgan fingerprint density at radius 3 is 2.71 bits per heavy atom. The molecule has 0 aromatic rings. The molecular weight excluding hydrogens is 206 g/mol. The lowest BCUT2D eigenvalue weighted by atomic mass is 9.93. The molecule has 76 valence electrons. The summed E-state index contributed by atoms with van der Waals surface area (Å²) in [6.45, 7) is 0. The van der Waals surface area contributed by atoms with Crippen molar-refractivity contribution in [2.45, 2.75) is 24.4 Å². The number of halogens is 1. The quantitative estimate of drug-likeness (QED) is 0.395. The normalized spacial score (nSPS) is 31.0. The number of hydrogen-bond acceptors (Lipinski definition) is 3. The second kappa shape index (κ2) is 3.99. The van der Waals surface area contributed by atoms with Gasteiger partial charge in [0.15, 0.2) is 11.3 Å². The Labute approximate surface area is 86.6 Å². The molecule has 2 atom stereocenters. The van der Waals surface area contributed by atoms with Crippen molar-refractivity contribution in [1.82, 2.24) is 5.32 Å². The molecule has 14 heavy (non-hydrogen) atoms. The van der Waals surface area contributed by atoms with Crippen molar-refractivity contribution in [2.75, 3.05) is 5.88 Å². The number of rotatable bonds is 3. The number of nitrogens with one attached hydrogen (secondary N) is 1. The van der Waals surface area contributed by atoms with E-state index in [-0.39, 0.29) is 18.3 Å². The molecule has 2 N–H and O–H groups in total. The van der Waals surface area contributed by atoms with E-state index < -0.39 is 17.3 Å². The summed E-state index contributed by atoms with van der Waals surface area (Å²) in [6, 6.07) is -0.363. The maximum absolute atomic E-state index is 11.4. The van der Waals surface area contributed by atoms with Crippen molar-refractivity contribution in [1.29, 1.82) is 0 Å². The fraction of sp³-hybridized carbons (Fsp3) is 0.556. The summed E-state index contributed by atoms with van der Waals surface area (Å²) in [5.41, 5.74) is -1.57. The van der Waals surface area contributed by atoms with E-state index in [1.807, 2.05) is 0 Å². The Hall–Kier alpha value is -1.05. The van der Waals surface area contributed by atoms with Gasteiger partial charge in [-0.1, -0.05) is 5.92 Å². The predicted octanol–water partition coefficient (Wildman–Crippen LogP) is 0.00290. The molecule has 1 rings (SSSR count). The average molecular weight is 216 g/mol. The van der Waals surface area contributed by atoms with E-state index in [2.05, 4.69) is 11.2 Å². The fourth-order valence-electron chi connectivity index (χ4n) is 1.55. The van der Waals surface area contributed by atoms with Gasteiger partial charge in [-0.05, 0) is 12.8 Å². The monoisotopic (exact) mass is 215 g/mol. The molecule has 0 saturated carbocycles. The molecule has 0 unspecified atom stereocenters. The van der Waals surface area contributed by atoms with E-state index in [0.29, 0.717) is 6.42 Å². The molecule has 1 aliphatic rings. The molecule has 1 saturated heterocycles. The van der Waals surface area contributed by atoms with Gasteiger partial charge in [0.1, 0.15) is 0 Å². The van der Waals surface area contributed by atoms with Crippen LogP contribution in [0.4, 0.5) is 0 Å². The largest absolute Gasteiger partial charge is 0.480 e. The van der Waals surface area contributed by atoms with Crippen LogP contribution in [0, 0.1) is 12.3 Å². The van der Waals surface area contributed by atoms with Crippen LogP contribution >= 0.6 is 11.6 Å². The molecule has 0 radical (unpaired) electrons. The van der Waals surface area contributed by atoms with Gasteiger partial charge < -0.3 is 5.11 Å². The molecule has 0 aromatic heterocycles. The van der Waals surface area contributed by atoms with Crippen LogP contribution < -0.4 is 5.32 Å². The van der Waals surface area contributed by atoms with Gasteiger partial charge in [0.25, 0.3) is 0 Å². The van der Waals surface area contributed by atoms with Crippen LogP contribution in [0.15, 0.2) is 0 Å². The number of ketones is 1. The number of carbonyl (C=O) groups excluding carboxylic acids is 1. The Bertz CT molecular complexity index is 310. The van der Waals surface area contributed by atoms with Crippen LogP contribution in [-0.2, 0) is 9.59 Å². The molecule has 0 bridgehead atoms. The molecule has 0 spiro atoms. The van der Waals surface area contributed by atoms with Crippen molar-refractivity contribution in [2.24, 2.45) is 0 Å². The first kappa shape index (κ1) is 11.0. The molecule has 1 aliphatic heterocycles. The van der Waals surface area contributed by atoms with Crippen LogP contribution in [0.1, 0.15) is 12.8 Å². The minimum absolute atomic E-state index is 0.197. The summed E-state index contributed by atoms with van der Waals surface area (Å²) in [5.74, 6) is 0.315. The zero-order valence-corrected chi connectivity index (χ0v) is 8.17. The average Bonchev–Trinajstić information content (AvgIpc) is 2.61. The number of alkyl halides is 1. The highest BCUT2D eigenvalue weighted by atomic mass is 35.5. The summed E-state index contributed by atoms with van der Waals surface area (Å²) in [6.07, 6.45) is 5.82. The first-order valence-corrected chi connectivity index (χ1v) is 4.67. The van der Waals surface area contributed by atoms with Gasteiger partial charge in [-0.25, -0.2) is 4.79 Å². The lowest BCUT2D eigenvalue weighted by molar-refractivity contribution is -0.148. The highest BCUT2D eigenvalue weighted by Gasteiger charge is 2.50.